The number of hydrogen-bond acceptors (Lipinski definition) is 5. The van der Waals surface area contributed by atoms with Crippen LogP contribution in [0.1, 0.15) is 5.82 Å². The highest BCUT2D eigenvalue weighted by atomic mass is 32.2. The van der Waals surface area contributed by atoms with Crippen molar-refractivity contribution < 1.29 is 8.42 Å². The molecule has 0 bridgehead atoms. The normalized spacial score (nSPS) is 11.6. The molecule has 1 heterocycles. The van der Waals surface area contributed by atoms with Crippen molar-refractivity contribution in [2.75, 3.05) is 19.0 Å². The molecule has 0 saturated carbocycles. The molecule has 2 aromatic carbocycles. The van der Waals surface area contributed by atoms with E-state index in [9.17, 15) is 8.42 Å². The number of sulfonamides is 1. The Morgan fingerprint density at radius 3 is 2.58 bits per heavy atom. The summed E-state index contributed by atoms with van der Waals surface area (Å²) in [5.74, 6) is 1.15. The van der Waals surface area contributed by atoms with Gasteiger partial charge in [0.2, 0.25) is 10.0 Å². The van der Waals surface area contributed by atoms with Gasteiger partial charge in [0.15, 0.2) is 0 Å². The van der Waals surface area contributed by atoms with Crippen molar-refractivity contribution in [2.45, 2.75) is 11.4 Å². The van der Waals surface area contributed by atoms with E-state index in [0.29, 0.717) is 11.2 Å². The van der Waals surface area contributed by atoms with Crippen LogP contribution in [-0.4, -0.2) is 32.5 Å². The Hall–Kier alpha value is -2.51. The number of hydrogen-bond donors (Lipinski definition) is 1. The van der Waals surface area contributed by atoms with Crippen molar-refractivity contribution >= 4 is 26.6 Å². The molecule has 0 radical (unpaired) electrons. The Kier molecular flexibility index (Phi) is 4.46. The van der Waals surface area contributed by atoms with Crippen LogP contribution in [0.5, 0.6) is 0 Å². The summed E-state index contributed by atoms with van der Waals surface area (Å²) >= 11 is 0. The molecule has 0 aliphatic rings. The molecule has 0 aliphatic heterocycles. The first-order valence-electron chi connectivity index (χ1n) is 7.44. The number of fused-ring (bicyclic) bond motifs is 1. The van der Waals surface area contributed by atoms with Crippen LogP contribution in [0.2, 0.25) is 0 Å². The fourth-order valence-corrected chi connectivity index (χ4v) is 3.60. The van der Waals surface area contributed by atoms with Crippen molar-refractivity contribution in [2.24, 2.45) is 0 Å². The molecule has 1 aromatic heterocycles. The molecule has 0 unspecified atom stereocenters. The van der Waals surface area contributed by atoms with Gasteiger partial charge in [-0.2, -0.15) is 0 Å². The molecule has 0 saturated heterocycles. The largest absolute Gasteiger partial charge is 0.363 e. The third kappa shape index (κ3) is 3.37. The molecule has 3 rings (SSSR count). The summed E-state index contributed by atoms with van der Waals surface area (Å²) in [5, 5.41) is 1.57. The Morgan fingerprint density at radius 2 is 1.79 bits per heavy atom. The van der Waals surface area contributed by atoms with Gasteiger partial charge in [-0.1, -0.05) is 36.4 Å². The lowest BCUT2D eigenvalue weighted by atomic mass is 10.1. The molecule has 24 heavy (non-hydrogen) atoms. The summed E-state index contributed by atoms with van der Waals surface area (Å²) in [6.45, 7) is 0.0350. The van der Waals surface area contributed by atoms with Crippen molar-refractivity contribution in [3.8, 4) is 0 Å². The zero-order valence-corrected chi connectivity index (χ0v) is 14.3. The van der Waals surface area contributed by atoms with Crippen molar-refractivity contribution in [1.82, 2.24) is 14.7 Å². The van der Waals surface area contributed by atoms with Gasteiger partial charge < -0.3 is 4.90 Å². The van der Waals surface area contributed by atoms with Crippen LogP contribution < -0.4 is 9.62 Å². The summed E-state index contributed by atoms with van der Waals surface area (Å²) in [6.07, 6.45) is 1.61. The topological polar surface area (TPSA) is 75.2 Å². The van der Waals surface area contributed by atoms with E-state index in [1.807, 2.05) is 43.3 Å². The maximum atomic E-state index is 12.7. The van der Waals surface area contributed by atoms with E-state index < -0.39 is 10.0 Å². The maximum Gasteiger partial charge on any atom is 0.241 e. The molecule has 3 aromatic rings. The van der Waals surface area contributed by atoms with Gasteiger partial charge in [0, 0.05) is 25.7 Å². The summed E-state index contributed by atoms with van der Waals surface area (Å²) in [6, 6.07) is 14.4. The van der Waals surface area contributed by atoms with E-state index >= 15 is 0 Å². The van der Waals surface area contributed by atoms with E-state index in [1.54, 1.807) is 30.5 Å². The number of anilines is 1. The molecule has 7 heteroatoms. The fraction of sp³-hybridized carbons (Fsp3) is 0.176. The Bertz CT molecular complexity index is 966. The SMILES string of the molecule is CN(C)c1ccnc(CNS(=O)(=O)c2cccc3ccccc23)n1. The minimum Gasteiger partial charge on any atom is -0.363 e. The predicted molar refractivity (Wildman–Crippen MR) is 94.3 cm³/mol. The van der Waals surface area contributed by atoms with E-state index in [2.05, 4.69) is 14.7 Å². The highest BCUT2D eigenvalue weighted by molar-refractivity contribution is 7.89. The molecular formula is C17H18N4O2S. The third-order valence-corrected chi connectivity index (χ3v) is 5.07. The number of aromatic nitrogens is 2. The molecule has 124 valence electrons. The quantitative estimate of drug-likeness (QED) is 0.769. The van der Waals surface area contributed by atoms with Gasteiger partial charge in [0.25, 0.3) is 0 Å². The van der Waals surface area contributed by atoms with Gasteiger partial charge in [0.1, 0.15) is 11.6 Å². The number of rotatable bonds is 5. The fourth-order valence-electron chi connectivity index (χ4n) is 2.39. The first-order valence-corrected chi connectivity index (χ1v) is 8.92. The van der Waals surface area contributed by atoms with Crippen molar-refractivity contribution in [3.05, 3.63) is 60.6 Å². The van der Waals surface area contributed by atoms with Crippen LogP contribution in [0.3, 0.4) is 0 Å². The zero-order chi connectivity index (χ0) is 17.2. The van der Waals surface area contributed by atoms with Gasteiger partial charge in [-0.05, 0) is 17.5 Å². The van der Waals surface area contributed by atoms with Crippen molar-refractivity contribution in [1.29, 1.82) is 0 Å². The number of nitrogens with one attached hydrogen (secondary N) is 1. The van der Waals surface area contributed by atoms with E-state index in [1.165, 1.54) is 0 Å². The van der Waals surface area contributed by atoms with E-state index in [0.717, 1.165) is 11.2 Å². The maximum absolute atomic E-state index is 12.7. The minimum atomic E-state index is -3.66. The Labute approximate surface area is 141 Å². The molecule has 0 fully saturated rings. The van der Waals surface area contributed by atoms with Crippen LogP contribution in [0.15, 0.2) is 59.6 Å². The van der Waals surface area contributed by atoms with Crippen LogP contribution in [0, 0.1) is 0 Å². The molecule has 6 nitrogen and oxygen atoms in total. The standard InChI is InChI=1S/C17H18N4O2S/c1-21(2)17-10-11-18-16(20-17)12-19-24(22,23)15-9-5-7-13-6-3-4-8-14(13)15/h3-11,19H,12H2,1-2H3. The molecule has 0 spiro atoms. The van der Waals surface area contributed by atoms with E-state index in [4.69, 9.17) is 0 Å². The molecule has 0 aliphatic carbocycles. The lowest BCUT2D eigenvalue weighted by Crippen LogP contribution is -2.25. The second kappa shape index (κ2) is 6.54. The summed E-state index contributed by atoms with van der Waals surface area (Å²) in [5.41, 5.74) is 0. The van der Waals surface area contributed by atoms with Crippen LogP contribution in [0.25, 0.3) is 10.8 Å². The van der Waals surface area contributed by atoms with Crippen LogP contribution >= 0.6 is 0 Å². The number of benzene rings is 2. The van der Waals surface area contributed by atoms with Gasteiger partial charge in [-0.25, -0.2) is 23.1 Å². The highest BCUT2D eigenvalue weighted by Gasteiger charge is 2.17. The van der Waals surface area contributed by atoms with Crippen molar-refractivity contribution in [3.63, 3.8) is 0 Å². The first-order chi connectivity index (χ1) is 11.5. The first kappa shape index (κ1) is 16.4. The lowest BCUT2D eigenvalue weighted by molar-refractivity contribution is 0.580. The van der Waals surface area contributed by atoms with Gasteiger partial charge in [0.05, 0.1) is 11.4 Å². The molecular weight excluding hydrogens is 324 g/mol. The second-order valence-electron chi connectivity index (χ2n) is 5.53. The van der Waals surface area contributed by atoms with Crippen LogP contribution in [-0.2, 0) is 16.6 Å². The van der Waals surface area contributed by atoms with Gasteiger partial charge in [-0.3, -0.25) is 0 Å². The molecule has 0 atom stereocenters. The average molecular weight is 342 g/mol. The minimum absolute atomic E-state index is 0.0350. The third-order valence-electron chi connectivity index (χ3n) is 3.61. The lowest BCUT2D eigenvalue weighted by Gasteiger charge is -2.12. The Morgan fingerprint density at radius 1 is 1.04 bits per heavy atom. The Balaban J connectivity index is 1.87. The highest BCUT2D eigenvalue weighted by Crippen LogP contribution is 2.22. The zero-order valence-electron chi connectivity index (χ0n) is 13.5. The molecule has 0 amide bonds. The second-order valence-corrected chi connectivity index (χ2v) is 7.26. The predicted octanol–water partition coefficient (Wildman–Crippen LogP) is 2.17. The van der Waals surface area contributed by atoms with Gasteiger partial charge >= 0.3 is 0 Å². The number of nitrogens with zero attached hydrogens (tertiary/aromatic N) is 3. The van der Waals surface area contributed by atoms with E-state index in [-0.39, 0.29) is 11.4 Å². The average Bonchev–Trinajstić information content (AvgIpc) is 2.60. The summed E-state index contributed by atoms with van der Waals surface area (Å²) in [4.78, 5) is 10.5. The summed E-state index contributed by atoms with van der Waals surface area (Å²) < 4.78 is 27.9. The van der Waals surface area contributed by atoms with Crippen LogP contribution in [0.4, 0.5) is 5.82 Å². The smallest absolute Gasteiger partial charge is 0.241 e. The molecule has 1 N–H and O–H groups in total. The van der Waals surface area contributed by atoms with Gasteiger partial charge in [-0.15, -0.1) is 0 Å². The summed E-state index contributed by atoms with van der Waals surface area (Å²) in [7, 11) is 0.0731. The monoisotopic (exact) mass is 342 g/mol.